The van der Waals surface area contributed by atoms with Crippen molar-refractivity contribution in [1.82, 2.24) is 15.5 Å². The van der Waals surface area contributed by atoms with E-state index in [0.29, 0.717) is 5.56 Å². The number of hydrogen-bond donors (Lipinski definition) is 6. The SMILES string of the molecule is NC(=O)OCC1=C(C(=O)O)N2C(=O)C(NC(=O)C(NC(=O)c3cccc(O)c3O)c3ccccc3)[C@H]2SC1. The number of fused-ring (bicyclic) bond motifs is 1. The van der Waals surface area contributed by atoms with Crippen LogP contribution >= 0.6 is 11.8 Å². The van der Waals surface area contributed by atoms with Crippen LogP contribution in [0.4, 0.5) is 4.79 Å². The molecule has 0 aromatic heterocycles. The van der Waals surface area contributed by atoms with Gasteiger partial charge in [-0.15, -0.1) is 11.8 Å². The van der Waals surface area contributed by atoms with E-state index in [0.717, 1.165) is 16.7 Å². The predicted octanol–water partition coefficient (Wildman–Crippen LogP) is 0.403. The number of para-hydroxylation sites is 1. The zero-order valence-electron chi connectivity index (χ0n) is 19.5. The van der Waals surface area contributed by atoms with Gasteiger partial charge in [-0.05, 0) is 17.7 Å². The highest BCUT2D eigenvalue weighted by molar-refractivity contribution is 8.00. The molecule has 4 rings (SSSR count). The minimum absolute atomic E-state index is 0.103. The van der Waals surface area contributed by atoms with E-state index in [4.69, 9.17) is 5.73 Å². The van der Waals surface area contributed by atoms with Crippen LogP contribution in [0, 0.1) is 0 Å². The number of carbonyl (C=O) groups is 5. The molecule has 0 radical (unpaired) electrons. The summed E-state index contributed by atoms with van der Waals surface area (Å²) < 4.78 is 4.69. The fourth-order valence-electron chi connectivity index (χ4n) is 4.06. The Kier molecular flexibility index (Phi) is 7.43. The minimum atomic E-state index is -1.41. The lowest BCUT2D eigenvalue weighted by Crippen LogP contribution is -2.71. The number of aromatic hydroxyl groups is 2. The summed E-state index contributed by atoms with van der Waals surface area (Å²) in [7, 11) is 0. The third kappa shape index (κ3) is 5.06. The Hall–Kier alpha value is -4.72. The molecule has 3 atom stereocenters. The van der Waals surface area contributed by atoms with Gasteiger partial charge in [0.15, 0.2) is 11.5 Å². The van der Waals surface area contributed by atoms with Crippen molar-refractivity contribution < 1.29 is 44.0 Å². The number of carbonyl (C=O) groups excluding carboxylic acids is 4. The first-order valence-corrected chi connectivity index (χ1v) is 12.1. The first-order valence-electron chi connectivity index (χ1n) is 11.1. The molecule has 2 aromatic rings. The van der Waals surface area contributed by atoms with Crippen LogP contribution in [-0.4, -0.2) is 73.8 Å². The van der Waals surface area contributed by atoms with E-state index in [1.54, 1.807) is 30.3 Å². The van der Waals surface area contributed by atoms with Gasteiger partial charge in [0.25, 0.3) is 11.8 Å². The summed E-state index contributed by atoms with van der Waals surface area (Å²) in [6.07, 6.45) is -1.09. The number of carboxylic acid groups (broad SMARTS) is 1. The van der Waals surface area contributed by atoms with Crippen molar-refractivity contribution in [3.63, 3.8) is 0 Å². The fourth-order valence-corrected chi connectivity index (χ4v) is 5.39. The zero-order chi connectivity index (χ0) is 27.6. The van der Waals surface area contributed by atoms with E-state index in [2.05, 4.69) is 15.4 Å². The normalized spacial score (nSPS) is 19.1. The van der Waals surface area contributed by atoms with Gasteiger partial charge in [0.05, 0.1) is 5.56 Å². The van der Waals surface area contributed by atoms with E-state index in [9.17, 15) is 39.3 Å². The fraction of sp³-hybridized carbons (Fsp3) is 0.208. The van der Waals surface area contributed by atoms with Crippen LogP contribution in [-0.2, 0) is 19.1 Å². The van der Waals surface area contributed by atoms with Crippen LogP contribution in [0.3, 0.4) is 0 Å². The van der Waals surface area contributed by atoms with E-state index in [1.807, 2.05) is 0 Å². The lowest BCUT2D eigenvalue weighted by Gasteiger charge is -2.49. The smallest absolute Gasteiger partial charge is 0.404 e. The molecule has 198 valence electrons. The third-order valence-corrected chi connectivity index (χ3v) is 7.21. The van der Waals surface area contributed by atoms with Gasteiger partial charge in [-0.2, -0.15) is 0 Å². The van der Waals surface area contributed by atoms with E-state index < -0.39 is 65.3 Å². The topological polar surface area (TPSA) is 209 Å². The number of amides is 4. The number of phenolic OH excluding ortho intramolecular Hbond substituents is 2. The van der Waals surface area contributed by atoms with Crippen LogP contribution < -0.4 is 16.4 Å². The number of β-lactam (4-membered cyclic amide) rings is 1. The van der Waals surface area contributed by atoms with Gasteiger partial charge in [0.1, 0.15) is 29.8 Å². The van der Waals surface area contributed by atoms with Gasteiger partial charge in [-0.3, -0.25) is 19.3 Å². The van der Waals surface area contributed by atoms with Crippen molar-refractivity contribution in [1.29, 1.82) is 0 Å². The van der Waals surface area contributed by atoms with Crippen molar-refractivity contribution in [3.8, 4) is 11.5 Å². The highest BCUT2D eigenvalue weighted by Crippen LogP contribution is 2.40. The summed E-state index contributed by atoms with van der Waals surface area (Å²) in [5, 5.41) is 33.8. The van der Waals surface area contributed by atoms with E-state index >= 15 is 0 Å². The molecule has 4 amide bonds. The maximum absolute atomic E-state index is 13.3. The number of nitrogens with two attached hydrogens (primary N) is 1. The third-order valence-electron chi connectivity index (χ3n) is 5.87. The molecule has 0 saturated carbocycles. The maximum atomic E-state index is 13.3. The van der Waals surface area contributed by atoms with E-state index in [1.165, 1.54) is 18.2 Å². The lowest BCUT2D eigenvalue weighted by atomic mass is 10.0. The second-order valence-corrected chi connectivity index (χ2v) is 9.36. The number of carboxylic acids is 1. The first-order chi connectivity index (χ1) is 18.1. The number of nitrogens with zero attached hydrogens (tertiary/aromatic N) is 1. The van der Waals surface area contributed by atoms with Gasteiger partial charge in [0, 0.05) is 11.3 Å². The number of rotatable bonds is 8. The number of ether oxygens (including phenoxy) is 1. The molecule has 14 heteroatoms. The van der Waals surface area contributed by atoms with Gasteiger partial charge in [-0.25, -0.2) is 9.59 Å². The molecule has 2 aromatic carbocycles. The molecule has 0 bridgehead atoms. The highest BCUT2D eigenvalue weighted by Gasteiger charge is 2.54. The van der Waals surface area contributed by atoms with Crippen molar-refractivity contribution >= 4 is 41.5 Å². The Labute approximate surface area is 219 Å². The Morgan fingerprint density at radius 2 is 1.82 bits per heavy atom. The Bertz CT molecular complexity index is 1350. The van der Waals surface area contributed by atoms with Crippen molar-refractivity contribution in [3.05, 3.63) is 70.9 Å². The number of benzene rings is 2. The Balaban J connectivity index is 1.54. The molecular weight excluding hydrogens is 520 g/mol. The zero-order valence-corrected chi connectivity index (χ0v) is 20.3. The first kappa shape index (κ1) is 26.3. The lowest BCUT2D eigenvalue weighted by molar-refractivity contribution is -0.151. The molecular formula is C24H22N4O9S. The monoisotopic (exact) mass is 542 g/mol. The molecule has 1 fully saturated rings. The largest absolute Gasteiger partial charge is 0.504 e. The van der Waals surface area contributed by atoms with E-state index in [-0.39, 0.29) is 22.6 Å². The molecule has 13 nitrogen and oxygen atoms in total. The van der Waals surface area contributed by atoms with Crippen LogP contribution in [0.25, 0.3) is 0 Å². The van der Waals surface area contributed by atoms with Gasteiger partial charge in [0.2, 0.25) is 5.91 Å². The number of phenols is 2. The summed E-state index contributed by atoms with van der Waals surface area (Å²) in [4.78, 5) is 62.9. The molecule has 38 heavy (non-hydrogen) atoms. The summed E-state index contributed by atoms with van der Waals surface area (Å²) >= 11 is 1.16. The maximum Gasteiger partial charge on any atom is 0.404 e. The second kappa shape index (κ2) is 10.7. The average molecular weight is 543 g/mol. The molecule has 2 heterocycles. The molecule has 2 aliphatic heterocycles. The molecule has 2 unspecified atom stereocenters. The van der Waals surface area contributed by atoms with Gasteiger partial charge in [-0.1, -0.05) is 36.4 Å². The standard InChI is InChI=1S/C24H22N4O9S/c25-24(36)37-9-12-10-38-22-16(21(33)28(22)17(12)23(34)35)27-20(32)15(11-5-2-1-3-6-11)26-19(31)13-7-4-8-14(29)18(13)30/h1-8,15-16,22,29-30H,9-10H2,(H2,25,36)(H,26,31)(H,27,32)(H,34,35)/t15?,16?,22-/m1/s1. The molecule has 0 spiro atoms. The number of aliphatic carboxylic acids is 1. The van der Waals surface area contributed by atoms with Crippen LogP contribution in [0.5, 0.6) is 11.5 Å². The molecule has 0 aliphatic carbocycles. The quantitative estimate of drug-likeness (QED) is 0.200. The summed E-state index contributed by atoms with van der Waals surface area (Å²) in [5.41, 5.74) is 4.88. The number of thioether (sulfide) groups is 1. The van der Waals surface area contributed by atoms with Crippen molar-refractivity contribution in [2.24, 2.45) is 5.73 Å². The molecule has 7 N–H and O–H groups in total. The Morgan fingerprint density at radius 1 is 1.11 bits per heavy atom. The van der Waals surface area contributed by atoms with Gasteiger partial charge >= 0.3 is 12.1 Å². The predicted molar refractivity (Wildman–Crippen MR) is 132 cm³/mol. The summed E-state index contributed by atoms with van der Waals surface area (Å²) in [6.45, 7) is -0.401. The number of nitrogens with one attached hydrogen (secondary N) is 2. The highest BCUT2D eigenvalue weighted by atomic mass is 32.2. The second-order valence-electron chi connectivity index (χ2n) is 8.25. The molecule has 1 saturated heterocycles. The van der Waals surface area contributed by atoms with Gasteiger partial charge < -0.3 is 36.4 Å². The van der Waals surface area contributed by atoms with Crippen LogP contribution in [0.2, 0.25) is 0 Å². The Morgan fingerprint density at radius 3 is 2.47 bits per heavy atom. The molecule has 2 aliphatic rings. The minimum Gasteiger partial charge on any atom is -0.504 e. The van der Waals surface area contributed by atoms with Crippen LogP contribution in [0.15, 0.2) is 59.8 Å². The average Bonchev–Trinajstić information content (AvgIpc) is 2.90. The van der Waals surface area contributed by atoms with Crippen molar-refractivity contribution in [2.45, 2.75) is 17.5 Å². The number of hydrogen-bond acceptors (Lipinski definition) is 9. The van der Waals surface area contributed by atoms with Crippen LogP contribution in [0.1, 0.15) is 22.0 Å². The summed E-state index contributed by atoms with van der Waals surface area (Å²) in [5.74, 6) is -4.80. The number of primary amides is 1. The van der Waals surface area contributed by atoms with Crippen molar-refractivity contribution in [2.75, 3.05) is 12.4 Å². The summed E-state index contributed by atoms with van der Waals surface area (Å²) in [6, 6.07) is 9.53.